The second kappa shape index (κ2) is 5.44. The van der Waals surface area contributed by atoms with Crippen molar-refractivity contribution < 1.29 is 0 Å². The van der Waals surface area contributed by atoms with Crippen LogP contribution in [0.5, 0.6) is 0 Å². The number of nitrogens with one attached hydrogen (secondary N) is 1. The standard InChI is InChI=1S/C15H14N4O3/c1-10-3-2-4-11-14(10)16-9-18(15(11)22)7-8-19-13(21)6-5-12(20)17-19/h2-6,9H,7-8H2,1H3,(H,17,20). The van der Waals surface area contributed by atoms with Crippen LogP contribution in [0, 0.1) is 6.92 Å². The molecule has 0 saturated heterocycles. The molecule has 0 aliphatic carbocycles. The fourth-order valence-corrected chi connectivity index (χ4v) is 2.33. The first-order valence-corrected chi connectivity index (χ1v) is 6.81. The fraction of sp³-hybridized carbons (Fsp3) is 0.200. The predicted octanol–water partition coefficient (Wildman–Crippen LogP) is 0.255. The van der Waals surface area contributed by atoms with Gasteiger partial charge in [-0.15, -0.1) is 0 Å². The SMILES string of the molecule is Cc1cccc2c(=O)n(CCn3[nH]c(=O)ccc3=O)cnc12. The van der Waals surface area contributed by atoms with E-state index in [-0.39, 0.29) is 29.8 Å². The van der Waals surface area contributed by atoms with Gasteiger partial charge in [-0.2, -0.15) is 0 Å². The molecule has 22 heavy (non-hydrogen) atoms. The highest BCUT2D eigenvalue weighted by molar-refractivity contribution is 5.80. The van der Waals surface area contributed by atoms with Crippen LogP contribution < -0.4 is 16.7 Å². The lowest BCUT2D eigenvalue weighted by molar-refractivity contribution is 0.496. The summed E-state index contributed by atoms with van der Waals surface area (Å²) in [5.41, 5.74) is 0.760. The number of para-hydroxylation sites is 1. The summed E-state index contributed by atoms with van der Waals surface area (Å²) in [5.74, 6) is 0. The first-order valence-electron chi connectivity index (χ1n) is 6.81. The zero-order valence-corrected chi connectivity index (χ0v) is 11.9. The van der Waals surface area contributed by atoms with E-state index < -0.39 is 0 Å². The van der Waals surface area contributed by atoms with Gasteiger partial charge in [0.1, 0.15) is 0 Å². The molecule has 112 valence electrons. The summed E-state index contributed by atoms with van der Waals surface area (Å²) in [5, 5.41) is 2.96. The Kier molecular flexibility index (Phi) is 3.46. The average molecular weight is 298 g/mol. The van der Waals surface area contributed by atoms with Crippen molar-refractivity contribution in [3.05, 3.63) is 73.3 Å². The Balaban J connectivity index is 1.97. The molecule has 2 heterocycles. The molecule has 2 aromatic heterocycles. The van der Waals surface area contributed by atoms with Crippen LogP contribution in [0.25, 0.3) is 10.9 Å². The van der Waals surface area contributed by atoms with Gasteiger partial charge in [0, 0.05) is 18.7 Å². The van der Waals surface area contributed by atoms with Crippen LogP contribution in [0.1, 0.15) is 5.56 Å². The van der Waals surface area contributed by atoms with Crippen molar-refractivity contribution in [3.8, 4) is 0 Å². The fourth-order valence-electron chi connectivity index (χ4n) is 2.33. The molecule has 3 rings (SSSR count). The highest BCUT2D eigenvalue weighted by atomic mass is 16.2. The summed E-state index contributed by atoms with van der Waals surface area (Å²) in [6.45, 7) is 2.33. The summed E-state index contributed by atoms with van der Waals surface area (Å²) in [6.07, 6.45) is 1.46. The van der Waals surface area contributed by atoms with Gasteiger partial charge in [-0.3, -0.25) is 24.0 Å². The van der Waals surface area contributed by atoms with Gasteiger partial charge < -0.3 is 0 Å². The number of fused-ring (bicyclic) bond motifs is 1. The number of aryl methyl sites for hydroxylation is 3. The van der Waals surface area contributed by atoms with E-state index in [2.05, 4.69) is 10.1 Å². The maximum Gasteiger partial charge on any atom is 0.265 e. The van der Waals surface area contributed by atoms with E-state index in [0.29, 0.717) is 10.9 Å². The van der Waals surface area contributed by atoms with Gasteiger partial charge in [0.2, 0.25) is 0 Å². The third-order valence-corrected chi connectivity index (χ3v) is 3.51. The van der Waals surface area contributed by atoms with E-state index in [1.165, 1.54) is 27.7 Å². The van der Waals surface area contributed by atoms with Crippen molar-refractivity contribution in [3.63, 3.8) is 0 Å². The van der Waals surface area contributed by atoms with Gasteiger partial charge in [0.25, 0.3) is 16.7 Å². The van der Waals surface area contributed by atoms with Crippen LogP contribution in [0.2, 0.25) is 0 Å². The van der Waals surface area contributed by atoms with Crippen LogP contribution in [0.15, 0.2) is 51.0 Å². The Bertz CT molecular complexity index is 1010. The van der Waals surface area contributed by atoms with E-state index in [9.17, 15) is 14.4 Å². The lowest BCUT2D eigenvalue weighted by Crippen LogP contribution is -2.31. The third-order valence-electron chi connectivity index (χ3n) is 3.51. The molecule has 0 radical (unpaired) electrons. The van der Waals surface area contributed by atoms with Crippen molar-refractivity contribution in [1.29, 1.82) is 0 Å². The summed E-state index contributed by atoms with van der Waals surface area (Å²) < 4.78 is 2.61. The molecule has 0 aliphatic rings. The molecular weight excluding hydrogens is 284 g/mol. The smallest absolute Gasteiger partial charge is 0.265 e. The van der Waals surface area contributed by atoms with Gasteiger partial charge in [0.15, 0.2) is 0 Å². The largest absolute Gasteiger partial charge is 0.297 e. The van der Waals surface area contributed by atoms with E-state index in [4.69, 9.17) is 0 Å². The van der Waals surface area contributed by atoms with Gasteiger partial charge in [-0.05, 0) is 18.6 Å². The van der Waals surface area contributed by atoms with Gasteiger partial charge >= 0.3 is 0 Å². The van der Waals surface area contributed by atoms with Crippen LogP contribution in [0.4, 0.5) is 0 Å². The average Bonchev–Trinajstić information content (AvgIpc) is 2.50. The van der Waals surface area contributed by atoms with Crippen LogP contribution in [-0.2, 0) is 13.1 Å². The van der Waals surface area contributed by atoms with E-state index in [1.54, 1.807) is 6.07 Å². The minimum absolute atomic E-state index is 0.167. The highest BCUT2D eigenvalue weighted by Gasteiger charge is 2.06. The van der Waals surface area contributed by atoms with Crippen LogP contribution in [0.3, 0.4) is 0 Å². The second-order valence-electron chi connectivity index (χ2n) is 5.01. The highest BCUT2D eigenvalue weighted by Crippen LogP contribution is 2.10. The lowest BCUT2D eigenvalue weighted by atomic mass is 10.1. The Morgan fingerprint density at radius 1 is 1.09 bits per heavy atom. The quantitative estimate of drug-likeness (QED) is 0.751. The van der Waals surface area contributed by atoms with Crippen LogP contribution in [-0.4, -0.2) is 19.3 Å². The number of nitrogens with zero attached hydrogens (tertiary/aromatic N) is 3. The van der Waals surface area contributed by atoms with E-state index in [1.807, 2.05) is 19.1 Å². The molecule has 1 N–H and O–H groups in total. The summed E-state index contributed by atoms with van der Waals surface area (Å²) >= 11 is 0. The molecule has 0 unspecified atom stereocenters. The molecule has 7 nitrogen and oxygen atoms in total. The second-order valence-corrected chi connectivity index (χ2v) is 5.01. The number of rotatable bonds is 3. The van der Waals surface area contributed by atoms with Crippen molar-refractivity contribution in [2.75, 3.05) is 0 Å². The Morgan fingerprint density at radius 3 is 2.73 bits per heavy atom. The number of benzene rings is 1. The number of H-pyrrole nitrogens is 1. The van der Waals surface area contributed by atoms with Gasteiger partial charge in [-0.1, -0.05) is 12.1 Å². The topological polar surface area (TPSA) is 89.8 Å². The van der Waals surface area contributed by atoms with E-state index >= 15 is 0 Å². The summed E-state index contributed by atoms with van der Waals surface area (Å²) in [4.78, 5) is 39.6. The maximum absolute atomic E-state index is 12.4. The van der Waals surface area contributed by atoms with Gasteiger partial charge in [0.05, 0.1) is 23.8 Å². The summed E-state index contributed by atoms with van der Waals surface area (Å²) in [6, 6.07) is 7.80. The number of hydrogen-bond acceptors (Lipinski definition) is 4. The molecule has 0 fully saturated rings. The first-order chi connectivity index (χ1) is 10.6. The Labute approximate surface area is 124 Å². The minimum atomic E-state index is -0.362. The monoisotopic (exact) mass is 298 g/mol. The molecule has 7 heteroatoms. The molecule has 0 saturated carbocycles. The predicted molar refractivity (Wildman–Crippen MR) is 82.1 cm³/mol. The zero-order valence-electron chi connectivity index (χ0n) is 11.9. The van der Waals surface area contributed by atoms with Crippen molar-refractivity contribution in [2.45, 2.75) is 20.0 Å². The molecule has 0 spiro atoms. The normalized spacial score (nSPS) is 11.0. The minimum Gasteiger partial charge on any atom is -0.297 e. The Morgan fingerprint density at radius 2 is 1.91 bits per heavy atom. The lowest BCUT2D eigenvalue weighted by Gasteiger charge is -2.09. The molecule has 0 amide bonds. The molecule has 0 atom stereocenters. The molecule has 0 bridgehead atoms. The van der Waals surface area contributed by atoms with Crippen molar-refractivity contribution in [2.24, 2.45) is 0 Å². The number of hydrogen-bond donors (Lipinski definition) is 1. The van der Waals surface area contributed by atoms with Crippen molar-refractivity contribution in [1.82, 2.24) is 19.3 Å². The number of aromatic amines is 1. The van der Waals surface area contributed by atoms with Gasteiger partial charge in [-0.25, -0.2) is 9.67 Å². The van der Waals surface area contributed by atoms with Crippen LogP contribution >= 0.6 is 0 Å². The zero-order chi connectivity index (χ0) is 15.7. The maximum atomic E-state index is 12.4. The molecule has 3 aromatic rings. The molecular formula is C15H14N4O3. The summed E-state index contributed by atoms with van der Waals surface area (Å²) in [7, 11) is 0. The first kappa shape index (κ1) is 14.0. The van der Waals surface area contributed by atoms with Crippen molar-refractivity contribution >= 4 is 10.9 Å². The Hall–Kier alpha value is -2.96. The molecule has 1 aromatic carbocycles. The third kappa shape index (κ3) is 2.48. The molecule has 0 aliphatic heterocycles. The number of aromatic nitrogens is 4. The van der Waals surface area contributed by atoms with E-state index in [0.717, 1.165) is 5.56 Å².